The molecule has 1 aromatic rings. The fourth-order valence-corrected chi connectivity index (χ4v) is 3.06. The number of ether oxygens (including phenoxy) is 1. The lowest BCUT2D eigenvalue weighted by Gasteiger charge is -2.13. The molecule has 6 nitrogen and oxygen atoms in total. The Morgan fingerprint density at radius 1 is 1.43 bits per heavy atom. The highest BCUT2D eigenvalue weighted by atomic mass is 79.9. The summed E-state index contributed by atoms with van der Waals surface area (Å²) in [5, 5.41) is 8.94. The summed E-state index contributed by atoms with van der Waals surface area (Å²) >= 11 is 3.94. The Morgan fingerprint density at radius 3 is 2.74 bits per heavy atom. The summed E-state index contributed by atoms with van der Waals surface area (Å²) in [6.45, 7) is 2.97. The average molecular weight is 400 g/mol. The number of nitrogens with zero attached hydrogens (tertiary/aromatic N) is 1. The van der Waals surface area contributed by atoms with Gasteiger partial charge in [0.1, 0.15) is 12.3 Å². The minimum atomic E-state index is -0.629. The van der Waals surface area contributed by atoms with Crippen molar-refractivity contribution in [1.29, 1.82) is 0 Å². The van der Waals surface area contributed by atoms with Crippen molar-refractivity contribution in [3.63, 3.8) is 0 Å². The molecule has 0 bridgehead atoms. The van der Waals surface area contributed by atoms with Gasteiger partial charge in [-0.15, -0.1) is 0 Å². The molecule has 0 aromatic heterocycles. The van der Waals surface area contributed by atoms with Crippen LogP contribution in [0.3, 0.4) is 0 Å². The highest BCUT2D eigenvalue weighted by Crippen LogP contribution is 2.33. The number of hydrogen-bond acceptors (Lipinski definition) is 6. The number of carbonyl (C=O) groups is 3. The van der Waals surface area contributed by atoms with Crippen molar-refractivity contribution >= 4 is 50.9 Å². The average Bonchev–Trinajstić information content (AvgIpc) is 2.70. The van der Waals surface area contributed by atoms with E-state index in [1.165, 1.54) is 12.1 Å². The minimum Gasteiger partial charge on any atom is -0.507 e. The first kappa shape index (κ1) is 17.6. The Balaban J connectivity index is 2.15. The second-order valence-corrected chi connectivity index (χ2v) is 6.86. The molecule has 1 aliphatic heterocycles. The topological polar surface area (TPSA) is 83.9 Å². The molecule has 0 unspecified atom stereocenters. The summed E-state index contributed by atoms with van der Waals surface area (Å²) in [6, 6.07) is 4.71. The van der Waals surface area contributed by atoms with Gasteiger partial charge in [-0.1, -0.05) is 6.07 Å². The third-order valence-electron chi connectivity index (χ3n) is 2.80. The summed E-state index contributed by atoms with van der Waals surface area (Å²) in [4.78, 5) is 36.8. The zero-order valence-electron chi connectivity index (χ0n) is 12.4. The molecule has 1 heterocycles. The van der Waals surface area contributed by atoms with Gasteiger partial charge in [0, 0.05) is 0 Å². The Bertz CT molecular complexity index is 701. The van der Waals surface area contributed by atoms with Crippen LogP contribution in [0.25, 0.3) is 6.08 Å². The molecule has 1 N–H and O–H groups in total. The van der Waals surface area contributed by atoms with Crippen molar-refractivity contribution in [2.45, 2.75) is 20.0 Å². The highest BCUT2D eigenvalue weighted by molar-refractivity contribution is 9.10. The molecular formula is C15H14BrNO5S. The van der Waals surface area contributed by atoms with E-state index < -0.39 is 23.7 Å². The van der Waals surface area contributed by atoms with E-state index in [0.717, 1.165) is 16.7 Å². The summed E-state index contributed by atoms with van der Waals surface area (Å²) in [5.74, 6) is -1.09. The van der Waals surface area contributed by atoms with Gasteiger partial charge in [-0.25, -0.2) is 0 Å². The molecule has 1 aliphatic rings. The SMILES string of the molecule is CC(C)OC(=O)CN1C(=O)S/C(=C\c2ccc(O)c(Br)c2)C1=O. The van der Waals surface area contributed by atoms with Crippen LogP contribution in [-0.4, -0.2) is 39.8 Å². The van der Waals surface area contributed by atoms with Crippen molar-refractivity contribution in [1.82, 2.24) is 4.90 Å². The van der Waals surface area contributed by atoms with E-state index in [1.807, 2.05) is 0 Å². The smallest absolute Gasteiger partial charge is 0.326 e. The molecule has 0 saturated carbocycles. The van der Waals surface area contributed by atoms with Gasteiger partial charge in [0.15, 0.2) is 0 Å². The van der Waals surface area contributed by atoms with Gasteiger partial charge < -0.3 is 9.84 Å². The van der Waals surface area contributed by atoms with Crippen LogP contribution >= 0.6 is 27.7 Å². The van der Waals surface area contributed by atoms with Crippen LogP contribution in [0, 0.1) is 0 Å². The maximum atomic E-state index is 12.2. The van der Waals surface area contributed by atoms with Crippen molar-refractivity contribution in [3.05, 3.63) is 33.1 Å². The number of halogens is 1. The number of phenolic OH excluding ortho intramolecular Hbond substituents is 1. The number of rotatable bonds is 4. The van der Waals surface area contributed by atoms with Gasteiger partial charge in [0.2, 0.25) is 0 Å². The Morgan fingerprint density at radius 2 is 2.13 bits per heavy atom. The first-order valence-electron chi connectivity index (χ1n) is 6.71. The van der Waals surface area contributed by atoms with Crippen LogP contribution in [-0.2, 0) is 14.3 Å². The number of benzene rings is 1. The van der Waals surface area contributed by atoms with Gasteiger partial charge in [0.05, 0.1) is 15.5 Å². The van der Waals surface area contributed by atoms with Crippen LogP contribution < -0.4 is 0 Å². The molecule has 0 atom stereocenters. The predicted molar refractivity (Wildman–Crippen MR) is 89.7 cm³/mol. The van der Waals surface area contributed by atoms with Gasteiger partial charge in [-0.05, 0) is 65.3 Å². The standard InChI is InChI=1S/C15H14BrNO5S/c1-8(2)22-13(19)7-17-14(20)12(23-15(17)21)6-9-3-4-11(18)10(16)5-9/h3-6,8,18H,7H2,1-2H3/b12-6-. The van der Waals surface area contributed by atoms with Crippen molar-refractivity contribution in [3.8, 4) is 5.75 Å². The third kappa shape index (κ3) is 4.35. The number of carbonyl (C=O) groups excluding carboxylic acids is 3. The second kappa shape index (κ2) is 7.18. The highest BCUT2D eigenvalue weighted by Gasteiger charge is 2.36. The summed E-state index contributed by atoms with van der Waals surface area (Å²) in [5.41, 5.74) is 0.643. The van der Waals surface area contributed by atoms with Gasteiger partial charge in [-0.3, -0.25) is 19.3 Å². The lowest BCUT2D eigenvalue weighted by atomic mass is 10.2. The molecule has 122 valence electrons. The number of aromatic hydroxyl groups is 1. The van der Waals surface area contributed by atoms with Crippen LogP contribution in [0.1, 0.15) is 19.4 Å². The Kier molecular flexibility index (Phi) is 5.48. The molecule has 0 aliphatic carbocycles. The van der Waals surface area contributed by atoms with Gasteiger partial charge in [-0.2, -0.15) is 0 Å². The van der Waals surface area contributed by atoms with Gasteiger partial charge in [0.25, 0.3) is 11.1 Å². The first-order chi connectivity index (χ1) is 10.8. The second-order valence-electron chi connectivity index (χ2n) is 5.02. The van der Waals surface area contributed by atoms with E-state index in [0.29, 0.717) is 10.0 Å². The summed E-state index contributed by atoms with van der Waals surface area (Å²) < 4.78 is 5.42. The van der Waals surface area contributed by atoms with Crippen molar-refractivity contribution in [2.75, 3.05) is 6.54 Å². The van der Waals surface area contributed by atoms with E-state index in [2.05, 4.69) is 15.9 Å². The first-order valence-corrected chi connectivity index (χ1v) is 8.32. The number of phenols is 1. The van der Waals surface area contributed by atoms with E-state index in [4.69, 9.17) is 4.74 Å². The summed E-state index contributed by atoms with van der Waals surface area (Å²) in [6.07, 6.45) is 1.22. The van der Waals surface area contributed by atoms with Crippen LogP contribution in [0.5, 0.6) is 5.75 Å². The third-order valence-corrected chi connectivity index (χ3v) is 4.34. The maximum Gasteiger partial charge on any atom is 0.326 e. The minimum absolute atomic E-state index is 0.0756. The number of esters is 1. The van der Waals surface area contributed by atoms with Crippen LogP contribution in [0.4, 0.5) is 4.79 Å². The lowest BCUT2D eigenvalue weighted by molar-refractivity contribution is -0.149. The fourth-order valence-electron chi connectivity index (χ4n) is 1.83. The molecule has 1 saturated heterocycles. The number of imide groups is 1. The van der Waals surface area contributed by atoms with Crippen molar-refractivity contribution in [2.24, 2.45) is 0 Å². The van der Waals surface area contributed by atoms with E-state index >= 15 is 0 Å². The molecule has 0 radical (unpaired) electrons. The molecule has 8 heteroatoms. The molecule has 23 heavy (non-hydrogen) atoms. The molecule has 1 aromatic carbocycles. The number of hydrogen-bond donors (Lipinski definition) is 1. The van der Waals surface area contributed by atoms with Crippen LogP contribution in [0.15, 0.2) is 27.6 Å². The largest absolute Gasteiger partial charge is 0.507 e. The van der Waals surface area contributed by atoms with E-state index in [1.54, 1.807) is 26.0 Å². The van der Waals surface area contributed by atoms with E-state index in [9.17, 15) is 19.5 Å². The van der Waals surface area contributed by atoms with Crippen LogP contribution in [0.2, 0.25) is 0 Å². The zero-order chi connectivity index (χ0) is 17.1. The zero-order valence-corrected chi connectivity index (χ0v) is 14.8. The quantitative estimate of drug-likeness (QED) is 0.618. The number of amides is 2. The van der Waals surface area contributed by atoms with Gasteiger partial charge >= 0.3 is 5.97 Å². The molecular weight excluding hydrogens is 386 g/mol. The van der Waals surface area contributed by atoms with E-state index in [-0.39, 0.29) is 16.8 Å². The molecule has 2 amide bonds. The lowest BCUT2D eigenvalue weighted by Crippen LogP contribution is -2.35. The predicted octanol–water partition coefficient (Wildman–Crippen LogP) is 3.14. The Hall–Kier alpha value is -1.80. The number of thioether (sulfide) groups is 1. The normalized spacial score (nSPS) is 16.5. The maximum absolute atomic E-state index is 12.2. The Labute approximate surface area is 145 Å². The van der Waals surface area contributed by atoms with Crippen molar-refractivity contribution < 1.29 is 24.2 Å². The molecule has 2 rings (SSSR count). The fraction of sp³-hybridized carbons (Fsp3) is 0.267. The monoisotopic (exact) mass is 399 g/mol. The molecule has 0 spiro atoms. The molecule has 1 fully saturated rings. The summed E-state index contributed by atoms with van der Waals surface area (Å²) in [7, 11) is 0.